The van der Waals surface area contributed by atoms with E-state index < -0.39 is 0 Å². The molecule has 6 nitrogen and oxygen atoms in total. The summed E-state index contributed by atoms with van der Waals surface area (Å²) in [7, 11) is 1.60. The minimum atomic E-state index is -0.373. The van der Waals surface area contributed by atoms with E-state index in [9.17, 15) is 9.59 Å². The molecule has 1 aromatic carbocycles. The minimum Gasteiger partial charge on any atom is -0.360 e. The van der Waals surface area contributed by atoms with Gasteiger partial charge >= 0.3 is 0 Å². The van der Waals surface area contributed by atoms with E-state index in [0.717, 1.165) is 31.2 Å². The Morgan fingerprint density at radius 2 is 1.90 bits per heavy atom. The first-order chi connectivity index (χ1) is 14.0. The number of hydrogen-bond acceptors (Lipinski definition) is 5. The molecule has 0 fully saturated rings. The Labute approximate surface area is 177 Å². The Kier molecular flexibility index (Phi) is 5.43. The van der Waals surface area contributed by atoms with Gasteiger partial charge in [-0.25, -0.2) is 0 Å². The van der Waals surface area contributed by atoms with Gasteiger partial charge in [0.15, 0.2) is 0 Å². The van der Waals surface area contributed by atoms with Crippen molar-refractivity contribution in [3.63, 3.8) is 0 Å². The van der Waals surface area contributed by atoms with Gasteiger partial charge in [-0.1, -0.05) is 35.0 Å². The molecule has 0 atom stereocenters. The minimum absolute atomic E-state index is 0.187. The summed E-state index contributed by atoms with van der Waals surface area (Å²) in [5, 5.41) is 10.7. The Balaban J connectivity index is 1.74. The van der Waals surface area contributed by atoms with Gasteiger partial charge in [-0.15, -0.1) is 11.3 Å². The Bertz CT molecular complexity index is 1100. The average molecular weight is 430 g/mol. The number of nitrogens with one attached hydrogen (secondary N) is 2. The second-order valence-corrected chi connectivity index (χ2v) is 8.40. The molecule has 8 heteroatoms. The number of thiophene rings is 1. The van der Waals surface area contributed by atoms with Crippen LogP contribution in [0.25, 0.3) is 11.3 Å². The highest BCUT2D eigenvalue weighted by Gasteiger charge is 2.28. The van der Waals surface area contributed by atoms with Crippen LogP contribution in [0.15, 0.2) is 28.8 Å². The molecule has 1 aliphatic carbocycles. The maximum absolute atomic E-state index is 13.2. The van der Waals surface area contributed by atoms with E-state index >= 15 is 0 Å². The van der Waals surface area contributed by atoms with Crippen molar-refractivity contribution in [1.82, 2.24) is 10.5 Å². The van der Waals surface area contributed by atoms with E-state index in [1.54, 1.807) is 26.1 Å². The van der Waals surface area contributed by atoms with E-state index in [1.165, 1.54) is 16.2 Å². The SMILES string of the molecule is CNC(=O)c1c(NC(=O)c2c(-c3ccccc3Cl)noc2C)sc2c1CCCC2. The fraction of sp³-hybridized carbons (Fsp3) is 0.286. The van der Waals surface area contributed by atoms with Crippen LogP contribution in [0.5, 0.6) is 0 Å². The number of benzene rings is 1. The lowest BCUT2D eigenvalue weighted by molar-refractivity contribution is 0.0963. The number of hydrogen-bond donors (Lipinski definition) is 2. The zero-order chi connectivity index (χ0) is 20.5. The van der Waals surface area contributed by atoms with Crippen molar-refractivity contribution in [2.75, 3.05) is 12.4 Å². The van der Waals surface area contributed by atoms with Crippen molar-refractivity contribution in [1.29, 1.82) is 0 Å². The van der Waals surface area contributed by atoms with Crippen LogP contribution in [0, 0.1) is 6.92 Å². The van der Waals surface area contributed by atoms with Gasteiger partial charge in [-0.05, 0) is 44.2 Å². The van der Waals surface area contributed by atoms with Gasteiger partial charge in [-0.2, -0.15) is 0 Å². The molecule has 0 saturated heterocycles. The highest BCUT2D eigenvalue weighted by Crippen LogP contribution is 2.39. The summed E-state index contributed by atoms with van der Waals surface area (Å²) >= 11 is 7.77. The van der Waals surface area contributed by atoms with Gasteiger partial charge in [0.25, 0.3) is 11.8 Å². The predicted octanol–water partition coefficient (Wildman–Crippen LogP) is 4.86. The third-order valence-electron chi connectivity index (χ3n) is 5.07. The first-order valence-corrected chi connectivity index (χ1v) is 10.6. The lowest BCUT2D eigenvalue weighted by Gasteiger charge is -2.12. The normalized spacial score (nSPS) is 13.1. The molecule has 29 heavy (non-hydrogen) atoms. The second kappa shape index (κ2) is 8.00. The number of nitrogens with zero attached hydrogens (tertiary/aromatic N) is 1. The molecule has 150 valence electrons. The van der Waals surface area contributed by atoms with Gasteiger partial charge in [0, 0.05) is 17.5 Å². The van der Waals surface area contributed by atoms with Gasteiger partial charge < -0.3 is 15.2 Å². The molecule has 1 aliphatic rings. The molecule has 0 bridgehead atoms. The summed E-state index contributed by atoms with van der Waals surface area (Å²) < 4.78 is 5.30. The summed E-state index contributed by atoms with van der Waals surface area (Å²) in [6.07, 6.45) is 3.91. The Morgan fingerprint density at radius 3 is 2.66 bits per heavy atom. The van der Waals surface area contributed by atoms with E-state index in [1.807, 2.05) is 12.1 Å². The fourth-order valence-electron chi connectivity index (χ4n) is 3.66. The first-order valence-electron chi connectivity index (χ1n) is 9.40. The Hall–Kier alpha value is -2.64. The van der Waals surface area contributed by atoms with Crippen molar-refractivity contribution >= 4 is 39.8 Å². The third-order valence-corrected chi connectivity index (χ3v) is 6.61. The monoisotopic (exact) mass is 429 g/mol. The summed E-state index contributed by atoms with van der Waals surface area (Å²) in [4.78, 5) is 26.9. The van der Waals surface area contributed by atoms with Crippen LogP contribution in [0.3, 0.4) is 0 Å². The average Bonchev–Trinajstić information content (AvgIpc) is 3.27. The van der Waals surface area contributed by atoms with Gasteiger partial charge in [0.2, 0.25) is 0 Å². The van der Waals surface area contributed by atoms with Gasteiger partial charge in [0.1, 0.15) is 22.0 Å². The highest BCUT2D eigenvalue weighted by molar-refractivity contribution is 7.17. The standard InChI is InChI=1S/C21H20ClN3O3S/c1-11-16(18(25-28-11)12-7-3-5-9-14(12)22)20(27)24-21-17(19(26)23-2)13-8-4-6-10-15(13)29-21/h3,5,7,9H,4,6,8,10H2,1-2H3,(H,23,26)(H,24,27). The Morgan fingerprint density at radius 1 is 1.14 bits per heavy atom. The zero-order valence-corrected chi connectivity index (χ0v) is 17.7. The van der Waals surface area contributed by atoms with Crippen molar-refractivity contribution in [2.24, 2.45) is 0 Å². The van der Waals surface area contributed by atoms with Gasteiger partial charge in [-0.3, -0.25) is 9.59 Å². The summed E-state index contributed by atoms with van der Waals surface area (Å²) in [6, 6.07) is 7.16. The molecular weight excluding hydrogens is 410 g/mol. The molecule has 2 N–H and O–H groups in total. The van der Waals surface area contributed by atoms with Crippen LogP contribution in [-0.2, 0) is 12.8 Å². The van der Waals surface area contributed by atoms with Crippen LogP contribution >= 0.6 is 22.9 Å². The van der Waals surface area contributed by atoms with Crippen molar-refractivity contribution < 1.29 is 14.1 Å². The van der Waals surface area contributed by atoms with Crippen LogP contribution in [0.2, 0.25) is 5.02 Å². The molecule has 2 amide bonds. The van der Waals surface area contributed by atoms with Crippen molar-refractivity contribution in [3.05, 3.63) is 56.6 Å². The lowest BCUT2D eigenvalue weighted by Crippen LogP contribution is -2.22. The maximum Gasteiger partial charge on any atom is 0.262 e. The number of amides is 2. The maximum atomic E-state index is 13.2. The van der Waals surface area contributed by atoms with E-state index in [2.05, 4.69) is 15.8 Å². The summed E-state index contributed by atoms with van der Waals surface area (Å²) in [5.74, 6) is -0.171. The number of aromatic nitrogens is 1. The van der Waals surface area contributed by atoms with Crippen LogP contribution < -0.4 is 10.6 Å². The quantitative estimate of drug-likeness (QED) is 0.620. The zero-order valence-electron chi connectivity index (χ0n) is 16.1. The number of rotatable bonds is 4. The molecule has 3 aromatic rings. The second-order valence-electron chi connectivity index (χ2n) is 6.89. The number of aryl methyl sites for hydroxylation is 2. The number of carbonyl (C=O) groups is 2. The van der Waals surface area contributed by atoms with Crippen molar-refractivity contribution in [3.8, 4) is 11.3 Å². The largest absolute Gasteiger partial charge is 0.360 e. The third kappa shape index (κ3) is 3.56. The first kappa shape index (κ1) is 19.7. The number of anilines is 1. The molecule has 0 aliphatic heterocycles. The molecule has 0 spiro atoms. The summed E-state index contributed by atoms with van der Waals surface area (Å²) in [6.45, 7) is 1.68. The number of carbonyl (C=O) groups excluding carboxylic acids is 2. The highest BCUT2D eigenvalue weighted by atomic mass is 35.5. The molecule has 0 radical (unpaired) electrons. The van der Waals surface area contributed by atoms with Gasteiger partial charge in [0.05, 0.1) is 10.6 Å². The lowest BCUT2D eigenvalue weighted by atomic mass is 9.95. The van der Waals surface area contributed by atoms with Crippen LogP contribution in [0.1, 0.15) is 49.8 Å². The molecule has 2 heterocycles. The number of fused-ring (bicyclic) bond motifs is 1. The molecule has 2 aromatic heterocycles. The molecule has 0 unspecified atom stereocenters. The predicted molar refractivity (Wildman–Crippen MR) is 114 cm³/mol. The number of halogens is 1. The molecular formula is C21H20ClN3O3S. The van der Waals surface area contributed by atoms with E-state index in [0.29, 0.717) is 38.2 Å². The van der Waals surface area contributed by atoms with Crippen LogP contribution in [0.4, 0.5) is 5.00 Å². The van der Waals surface area contributed by atoms with Crippen LogP contribution in [-0.4, -0.2) is 24.0 Å². The topological polar surface area (TPSA) is 84.2 Å². The fourth-order valence-corrected chi connectivity index (χ4v) is 5.17. The molecule has 0 saturated carbocycles. The van der Waals surface area contributed by atoms with E-state index in [-0.39, 0.29) is 11.8 Å². The van der Waals surface area contributed by atoms with E-state index in [4.69, 9.17) is 16.1 Å². The molecule has 4 rings (SSSR count). The van der Waals surface area contributed by atoms with Crippen molar-refractivity contribution in [2.45, 2.75) is 32.6 Å². The smallest absolute Gasteiger partial charge is 0.262 e. The summed E-state index contributed by atoms with van der Waals surface area (Å²) in [5.41, 5.74) is 2.92.